The van der Waals surface area contributed by atoms with Gasteiger partial charge in [0.1, 0.15) is 0 Å². The Balaban J connectivity index is 2.45. The second-order valence-corrected chi connectivity index (χ2v) is 4.23. The molecule has 3 N–H and O–H groups in total. The molecule has 1 aliphatic rings. The normalized spacial score (nSPS) is 19.7. The highest BCUT2D eigenvalue weighted by molar-refractivity contribution is 5.96. The van der Waals surface area contributed by atoms with E-state index in [0.29, 0.717) is 6.54 Å². The average molecular weight is 204 g/mol. The molecular weight excluding hydrogens is 188 g/mol. The summed E-state index contributed by atoms with van der Waals surface area (Å²) in [6.07, 6.45) is 0.768. The summed E-state index contributed by atoms with van der Waals surface area (Å²) in [5.74, 6) is -0.0195. The van der Waals surface area contributed by atoms with Crippen molar-refractivity contribution in [2.45, 2.75) is 20.3 Å². The van der Waals surface area contributed by atoms with Gasteiger partial charge in [-0.05, 0) is 43.0 Å². The minimum absolute atomic E-state index is 0.0509. The van der Waals surface area contributed by atoms with Gasteiger partial charge in [0.15, 0.2) is 0 Å². The third-order valence-electron chi connectivity index (χ3n) is 2.98. The van der Waals surface area contributed by atoms with Crippen molar-refractivity contribution >= 4 is 11.6 Å². The number of aryl methyl sites for hydroxylation is 2. The molecule has 1 unspecified atom stereocenters. The quantitative estimate of drug-likeness (QED) is 0.726. The zero-order valence-corrected chi connectivity index (χ0v) is 9.13. The molecule has 0 radical (unpaired) electrons. The van der Waals surface area contributed by atoms with Gasteiger partial charge >= 0.3 is 0 Å². The molecule has 0 aliphatic carbocycles. The number of carbonyl (C=O) groups is 1. The first kappa shape index (κ1) is 10.2. The summed E-state index contributed by atoms with van der Waals surface area (Å²) in [6.45, 7) is 4.53. The Labute approximate surface area is 89.7 Å². The standard InChI is InChI=1S/C12H16N2O/c1-7-3-8(2)10-5-9(6-13)12(15)14-11(10)4-7/h3-4,9H,5-6,13H2,1-2H3,(H,14,15). The molecule has 0 aromatic heterocycles. The van der Waals surface area contributed by atoms with Crippen LogP contribution in [0.4, 0.5) is 5.69 Å². The maximum Gasteiger partial charge on any atom is 0.229 e. The summed E-state index contributed by atoms with van der Waals surface area (Å²) < 4.78 is 0. The molecule has 1 aliphatic heterocycles. The lowest BCUT2D eigenvalue weighted by Crippen LogP contribution is -2.35. The fourth-order valence-corrected chi connectivity index (χ4v) is 2.14. The number of nitrogens with one attached hydrogen (secondary N) is 1. The van der Waals surface area contributed by atoms with Crippen molar-refractivity contribution in [3.8, 4) is 0 Å². The van der Waals surface area contributed by atoms with Crippen LogP contribution in [-0.2, 0) is 11.2 Å². The Morgan fingerprint density at radius 1 is 1.47 bits per heavy atom. The Kier molecular flexibility index (Phi) is 2.49. The van der Waals surface area contributed by atoms with Gasteiger partial charge in [0, 0.05) is 12.2 Å². The molecule has 0 spiro atoms. The van der Waals surface area contributed by atoms with Crippen LogP contribution in [0.1, 0.15) is 16.7 Å². The number of anilines is 1. The summed E-state index contributed by atoms with van der Waals surface area (Å²) >= 11 is 0. The second kappa shape index (κ2) is 3.66. The van der Waals surface area contributed by atoms with Gasteiger partial charge in [-0.2, -0.15) is 0 Å². The Morgan fingerprint density at radius 2 is 2.20 bits per heavy atom. The van der Waals surface area contributed by atoms with E-state index >= 15 is 0 Å². The number of hydrogen-bond acceptors (Lipinski definition) is 2. The van der Waals surface area contributed by atoms with Crippen LogP contribution in [0.25, 0.3) is 0 Å². The molecule has 3 nitrogen and oxygen atoms in total. The topological polar surface area (TPSA) is 55.1 Å². The highest BCUT2D eigenvalue weighted by Crippen LogP contribution is 2.29. The minimum atomic E-state index is -0.0705. The van der Waals surface area contributed by atoms with Crippen LogP contribution in [0.3, 0.4) is 0 Å². The van der Waals surface area contributed by atoms with E-state index in [2.05, 4.69) is 18.3 Å². The predicted molar refractivity (Wildman–Crippen MR) is 60.8 cm³/mol. The van der Waals surface area contributed by atoms with Crippen molar-refractivity contribution in [3.63, 3.8) is 0 Å². The van der Waals surface area contributed by atoms with Crippen LogP contribution in [0, 0.1) is 19.8 Å². The van der Waals surface area contributed by atoms with Crippen molar-refractivity contribution in [2.75, 3.05) is 11.9 Å². The number of hydrogen-bond donors (Lipinski definition) is 2. The van der Waals surface area contributed by atoms with Gasteiger partial charge in [0.05, 0.1) is 5.92 Å². The lowest BCUT2D eigenvalue weighted by molar-refractivity contribution is -0.119. The molecule has 0 fully saturated rings. The first-order valence-corrected chi connectivity index (χ1v) is 5.23. The van der Waals surface area contributed by atoms with Crippen molar-refractivity contribution in [3.05, 3.63) is 28.8 Å². The molecule has 1 amide bonds. The van der Waals surface area contributed by atoms with Gasteiger partial charge in [-0.15, -0.1) is 0 Å². The largest absolute Gasteiger partial charge is 0.330 e. The van der Waals surface area contributed by atoms with E-state index in [9.17, 15) is 4.79 Å². The molecule has 0 saturated carbocycles. The summed E-state index contributed by atoms with van der Waals surface area (Å²) in [7, 11) is 0. The minimum Gasteiger partial charge on any atom is -0.330 e. The highest BCUT2D eigenvalue weighted by Gasteiger charge is 2.25. The van der Waals surface area contributed by atoms with Gasteiger partial charge in [-0.25, -0.2) is 0 Å². The van der Waals surface area contributed by atoms with E-state index in [1.165, 1.54) is 16.7 Å². The van der Waals surface area contributed by atoms with Crippen LogP contribution in [0.5, 0.6) is 0 Å². The molecule has 80 valence electrons. The molecule has 1 aromatic rings. The van der Waals surface area contributed by atoms with E-state index in [4.69, 9.17) is 5.73 Å². The van der Waals surface area contributed by atoms with E-state index in [-0.39, 0.29) is 11.8 Å². The zero-order chi connectivity index (χ0) is 11.0. The average Bonchev–Trinajstić information content (AvgIpc) is 2.16. The molecule has 2 rings (SSSR count). The molecule has 3 heteroatoms. The van der Waals surface area contributed by atoms with Gasteiger partial charge < -0.3 is 11.1 Å². The predicted octanol–water partition coefficient (Wildman–Crippen LogP) is 1.37. The van der Waals surface area contributed by atoms with E-state index in [1.54, 1.807) is 0 Å². The number of nitrogens with two attached hydrogens (primary N) is 1. The first-order chi connectivity index (χ1) is 7.11. The van der Waals surface area contributed by atoms with Crippen LogP contribution >= 0.6 is 0 Å². The smallest absolute Gasteiger partial charge is 0.229 e. The van der Waals surface area contributed by atoms with Crippen molar-refractivity contribution in [1.29, 1.82) is 0 Å². The second-order valence-electron chi connectivity index (χ2n) is 4.23. The SMILES string of the molecule is Cc1cc(C)c2c(c1)NC(=O)C(CN)C2. The van der Waals surface area contributed by atoms with Gasteiger partial charge in [0.2, 0.25) is 5.91 Å². The number of fused-ring (bicyclic) bond motifs is 1. The van der Waals surface area contributed by atoms with E-state index in [1.807, 2.05) is 13.0 Å². The van der Waals surface area contributed by atoms with Crippen LogP contribution in [0.2, 0.25) is 0 Å². The molecule has 0 saturated heterocycles. The fraction of sp³-hybridized carbons (Fsp3) is 0.417. The number of amides is 1. The Bertz CT molecular complexity index is 412. The Morgan fingerprint density at radius 3 is 2.87 bits per heavy atom. The fourth-order valence-electron chi connectivity index (χ4n) is 2.14. The molecule has 1 atom stereocenters. The monoisotopic (exact) mass is 204 g/mol. The zero-order valence-electron chi connectivity index (χ0n) is 9.13. The molecule has 15 heavy (non-hydrogen) atoms. The van der Waals surface area contributed by atoms with E-state index in [0.717, 1.165) is 12.1 Å². The van der Waals surface area contributed by atoms with Crippen molar-refractivity contribution in [1.82, 2.24) is 0 Å². The lowest BCUT2D eigenvalue weighted by Gasteiger charge is -2.25. The highest BCUT2D eigenvalue weighted by atomic mass is 16.1. The Hall–Kier alpha value is -1.35. The summed E-state index contributed by atoms with van der Waals surface area (Å²) in [5, 5.41) is 2.92. The number of carbonyl (C=O) groups excluding carboxylic acids is 1. The molecular formula is C12H16N2O. The summed E-state index contributed by atoms with van der Waals surface area (Å²) in [4.78, 5) is 11.6. The number of benzene rings is 1. The maximum absolute atomic E-state index is 11.6. The molecule has 1 aromatic carbocycles. The molecule has 0 bridgehead atoms. The van der Waals surface area contributed by atoms with Gasteiger partial charge in [-0.1, -0.05) is 6.07 Å². The third kappa shape index (κ3) is 1.75. The maximum atomic E-state index is 11.6. The van der Waals surface area contributed by atoms with Crippen LogP contribution < -0.4 is 11.1 Å². The number of rotatable bonds is 1. The van der Waals surface area contributed by atoms with Crippen molar-refractivity contribution < 1.29 is 4.79 Å². The lowest BCUT2D eigenvalue weighted by atomic mass is 9.89. The van der Waals surface area contributed by atoms with Gasteiger partial charge in [0.25, 0.3) is 0 Å². The van der Waals surface area contributed by atoms with Crippen molar-refractivity contribution in [2.24, 2.45) is 11.7 Å². The summed E-state index contributed by atoms with van der Waals surface area (Å²) in [5.41, 5.74) is 10.2. The first-order valence-electron chi connectivity index (χ1n) is 5.23. The van der Waals surface area contributed by atoms with Crippen LogP contribution in [0.15, 0.2) is 12.1 Å². The third-order valence-corrected chi connectivity index (χ3v) is 2.98. The molecule has 1 heterocycles. The van der Waals surface area contributed by atoms with Gasteiger partial charge in [-0.3, -0.25) is 4.79 Å². The van der Waals surface area contributed by atoms with Crippen LogP contribution in [-0.4, -0.2) is 12.5 Å². The van der Waals surface area contributed by atoms with E-state index < -0.39 is 0 Å². The summed E-state index contributed by atoms with van der Waals surface area (Å²) in [6, 6.07) is 4.16.